The summed E-state index contributed by atoms with van der Waals surface area (Å²) in [6.07, 6.45) is -5.92. The lowest BCUT2D eigenvalue weighted by Gasteiger charge is -2.34. The number of hydrogen-bond donors (Lipinski definition) is 0. The van der Waals surface area contributed by atoms with Crippen molar-refractivity contribution in [1.82, 2.24) is 0 Å². The predicted molar refractivity (Wildman–Crippen MR) is 130 cm³/mol. The summed E-state index contributed by atoms with van der Waals surface area (Å²) in [7, 11) is -11.7. The first-order valence-corrected chi connectivity index (χ1v) is 15.3. The van der Waals surface area contributed by atoms with Crippen LogP contribution in [0.3, 0.4) is 0 Å². The molecule has 5 nitrogen and oxygen atoms in total. The summed E-state index contributed by atoms with van der Waals surface area (Å²) in [6, 6.07) is 28.1. The molecule has 0 fully saturated rings. The highest BCUT2D eigenvalue weighted by Gasteiger charge is 2.83. The Morgan fingerprint density at radius 2 is 0.925 bits per heavy atom. The first-order valence-electron chi connectivity index (χ1n) is 10.5. The third-order valence-corrected chi connectivity index (χ3v) is 9.87. The monoisotopic (exact) mass is 640 g/mol. The number of alkyl halides is 9. The molecule has 0 N–H and O–H groups in total. The van der Waals surface area contributed by atoms with Crippen molar-refractivity contribution in [3.63, 3.8) is 0 Å². The van der Waals surface area contributed by atoms with Gasteiger partial charge >= 0.3 is 23.3 Å². The molecule has 0 saturated carbocycles. The lowest BCUT2D eigenvalue weighted by Crippen LogP contribution is -2.63. The minimum Gasteiger partial charge on any atom is -0.743 e. The molecule has 0 radical (unpaired) electrons. The van der Waals surface area contributed by atoms with Crippen molar-refractivity contribution in [3.05, 3.63) is 84.9 Å². The maximum absolute atomic E-state index is 12.2. The van der Waals surface area contributed by atoms with Gasteiger partial charge in [-0.1, -0.05) is 36.4 Å². The fraction of sp³-hybridized carbons (Fsp3) is 0.217. The third-order valence-electron chi connectivity index (χ3n) is 5.13. The van der Waals surface area contributed by atoms with Crippen LogP contribution in [0, 0.1) is 0 Å². The number of sulfone groups is 1. The van der Waals surface area contributed by atoms with Gasteiger partial charge in [-0.25, -0.2) is 16.8 Å². The van der Waals surface area contributed by atoms with E-state index in [1.165, 1.54) is 22.2 Å². The van der Waals surface area contributed by atoms with Gasteiger partial charge in [-0.15, -0.1) is 0 Å². The Kier molecular flexibility index (Phi) is 9.78. The van der Waals surface area contributed by atoms with Crippen molar-refractivity contribution in [2.45, 2.75) is 28.2 Å². The van der Waals surface area contributed by atoms with Gasteiger partial charge in [0.25, 0.3) is 0 Å². The molecule has 3 rings (SSSR count). The van der Waals surface area contributed by atoms with Gasteiger partial charge < -0.3 is 4.55 Å². The van der Waals surface area contributed by atoms with E-state index in [1.807, 2.05) is 48.5 Å². The van der Waals surface area contributed by atoms with Crippen molar-refractivity contribution in [2.24, 2.45) is 0 Å². The summed E-state index contributed by atoms with van der Waals surface area (Å²) >= 11 is 0. The number of hydrogen-bond acceptors (Lipinski definition) is 5. The normalized spacial score (nSPS) is 13.5. The highest BCUT2D eigenvalue weighted by molar-refractivity contribution is 7.90. The lowest BCUT2D eigenvalue weighted by molar-refractivity contribution is -0.382. The van der Waals surface area contributed by atoms with Crippen LogP contribution in [0.4, 0.5) is 39.5 Å². The van der Waals surface area contributed by atoms with E-state index in [0.29, 0.717) is 4.90 Å². The van der Waals surface area contributed by atoms with E-state index in [9.17, 15) is 60.9 Å². The van der Waals surface area contributed by atoms with Crippen LogP contribution in [0.2, 0.25) is 0 Å². The molecule has 0 bridgehead atoms. The zero-order chi connectivity index (χ0) is 30.8. The highest BCUT2D eigenvalue weighted by atomic mass is 32.2. The molecule has 0 unspecified atom stereocenters. The highest BCUT2D eigenvalue weighted by Crippen LogP contribution is 2.54. The molecule has 0 aliphatic heterocycles. The number of benzene rings is 3. The molecule has 0 amide bonds. The van der Waals surface area contributed by atoms with E-state index in [2.05, 4.69) is 24.3 Å². The standard InChI is InChI=1S/C19H17O2PS.C4HF9O3S/c1-23(20,21)19-14-12-18(13-15-19)22(16-8-4-2-5-9-16)17-10-6-3-7-11-17;5-1(6,3(9,10)11)2(7,8)4(12,13)17(14,15)16/h2-15H,1H3;(H,14,15,16). The molecule has 3 aromatic carbocycles. The summed E-state index contributed by atoms with van der Waals surface area (Å²) in [5, 5.41) is -3.36. The van der Waals surface area contributed by atoms with E-state index in [1.54, 1.807) is 12.1 Å². The molecule has 0 atom stereocenters. The largest absolute Gasteiger partial charge is 0.743 e. The fourth-order valence-electron chi connectivity index (χ4n) is 3.10. The smallest absolute Gasteiger partial charge is 0.460 e. The zero-order valence-corrected chi connectivity index (χ0v) is 22.5. The van der Waals surface area contributed by atoms with Crippen molar-refractivity contribution >= 4 is 43.8 Å². The van der Waals surface area contributed by atoms with Gasteiger partial charge in [0, 0.05) is 6.26 Å². The lowest BCUT2D eigenvalue weighted by atomic mass is 10.1. The number of rotatable bonds is 7. The summed E-state index contributed by atoms with van der Waals surface area (Å²) in [5.41, 5.74) is 0. The van der Waals surface area contributed by atoms with Crippen LogP contribution in [-0.4, -0.2) is 50.9 Å². The maximum Gasteiger partial charge on any atom is 0.460 e. The molecule has 3 aromatic rings. The van der Waals surface area contributed by atoms with Crippen LogP contribution >= 0.6 is 7.92 Å². The first-order chi connectivity index (χ1) is 18.1. The van der Waals surface area contributed by atoms with Crippen molar-refractivity contribution in [3.8, 4) is 0 Å². The Bertz CT molecular complexity index is 1460. The molecule has 0 aliphatic carbocycles. The molecule has 40 heavy (non-hydrogen) atoms. The average Bonchev–Trinajstić information content (AvgIpc) is 2.84. The molecule has 0 aromatic heterocycles. The van der Waals surface area contributed by atoms with Gasteiger partial charge in [-0.2, -0.15) is 39.5 Å². The van der Waals surface area contributed by atoms with E-state index in [4.69, 9.17) is 0 Å². The van der Waals surface area contributed by atoms with Crippen LogP contribution in [0.1, 0.15) is 0 Å². The van der Waals surface area contributed by atoms with Gasteiger partial charge in [-0.3, -0.25) is 0 Å². The van der Waals surface area contributed by atoms with Crippen LogP contribution in [0.5, 0.6) is 0 Å². The topological polar surface area (TPSA) is 91.3 Å². The summed E-state index contributed by atoms with van der Waals surface area (Å²) in [5.74, 6) is -14.8. The predicted octanol–water partition coefficient (Wildman–Crippen LogP) is 4.54. The first kappa shape index (κ1) is 33.5. The molecule has 0 aliphatic rings. The van der Waals surface area contributed by atoms with Crippen LogP contribution in [0.15, 0.2) is 89.8 Å². The van der Waals surface area contributed by atoms with Crippen molar-refractivity contribution in [1.29, 1.82) is 0 Å². The van der Waals surface area contributed by atoms with Gasteiger partial charge in [0.05, 0.1) is 12.8 Å². The molecule has 17 heteroatoms. The second kappa shape index (κ2) is 11.7. The van der Waals surface area contributed by atoms with Crippen molar-refractivity contribution in [2.75, 3.05) is 6.26 Å². The van der Waals surface area contributed by atoms with E-state index < -0.39 is 51.2 Å². The molecular formula is C23H18F9O5PS2. The van der Waals surface area contributed by atoms with Gasteiger partial charge in [-0.05, 0) is 48.5 Å². The van der Waals surface area contributed by atoms with E-state index in [0.717, 1.165) is 0 Å². The number of halogens is 9. The molecule has 0 heterocycles. The Labute approximate surface area is 224 Å². The maximum atomic E-state index is 12.2. The molecule has 220 valence electrons. The second-order valence-corrected chi connectivity index (χ2v) is 13.9. The second-order valence-electron chi connectivity index (χ2n) is 8.02. The molecule has 0 spiro atoms. The van der Waals surface area contributed by atoms with Gasteiger partial charge in [0.2, 0.25) is 0 Å². The Hall–Kier alpha value is -2.68. The summed E-state index contributed by atoms with van der Waals surface area (Å²) in [4.78, 5) is 0.365. The molecular weight excluding hydrogens is 622 g/mol. The fourth-order valence-corrected chi connectivity index (χ4v) is 6.72. The Morgan fingerprint density at radius 1 is 0.575 bits per heavy atom. The van der Waals surface area contributed by atoms with Crippen LogP contribution < -0.4 is 15.9 Å². The van der Waals surface area contributed by atoms with Crippen molar-refractivity contribution < 1.29 is 60.9 Å². The molecule has 0 saturated heterocycles. The van der Waals surface area contributed by atoms with E-state index in [-0.39, 0.29) is 0 Å². The van der Waals surface area contributed by atoms with Gasteiger partial charge in [0.1, 0.15) is 15.9 Å². The van der Waals surface area contributed by atoms with E-state index >= 15 is 0 Å². The Balaban J connectivity index is 0.000000296. The average molecular weight is 640 g/mol. The minimum atomic E-state index is -7.43. The summed E-state index contributed by atoms with van der Waals surface area (Å²) in [6.45, 7) is 0. The quantitative estimate of drug-likeness (QED) is 0.215. The minimum absolute atomic E-state index is 0.365. The zero-order valence-electron chi connectivity index (χ0n) is 19.8. The van der Waals surface area contributed by atoms with Crippen LogP contribution in [0.25, 0.3) is 0 Å². The van der Waals surface area contributed by atoms with Gasteiger partial charge in [0.15, 0.2) is 20.0 Å². The Morgan fingerprint density at radius 3 is 1.23 bits per heavy atom. The third kappa shape index (κ3) is 6.96. The van der Waals surface area contributed by atoms with Crippen LogP contribution in [-0.2, 0) is 20.0 Å². The SMILES string of the molecule is CS(=O)(=O)c1ccc([PH+](c2ccccc2)c2ccccc2)cc1.O=S(=O)([O-])C(F)(F)C(F)(F)C(F)(F)C(F)(F)F. The summed E-state index contributed by atoms with van der Waals surface area (Å²) < 4.78 is 159.